The Morgan fingerprint density at radius 1 is 1.26 bits per heavy atom. The molecule has 0 aliphatic rings. The Labute approximate surface area is 129 Å². The van der Waals surface area contributed by atoms with Gasteiger partial charge in [0.05, 0.1) is 22.2 Å². The number of carbonyl (C=O) groups excluding carboxylic acids is 1. The number of hydrogen-bond acceptors (Lipinski definition) is 2. The van der Waals surface area contributed by atoms with Crippen molar-refractivity contribution in [3.63, 3.8) is 0 Å². The number of esters is 1. The summed E-state index contributed by atoms with van der Waals surface area (Å²) in [5, 5.41) is 0.795. The van der Waals surface area contributed by atoms with Crippen molar-refractivity contribution < 1.29 is 9.53 Å². The summed E-state index contributed by atoms with van der Waals surface area (Å²) in [6.45, 7) is 4.58. The van der Waals surface area contributed by atoms with Gasteiger partial charge in [0.1, 0.15) is 0 Å². The summed E-state index contributed by atoms with van der Waals surface area (Å²) in [6.07, 6.45) is 3.08. The highest BCUT2D eigenvalue weighted by Crippen LogP contribution is 2.30. The van der Waals surface area contributed by atoms with Gasteiger partial charge in [0.25, 0.3) is 0 Å². The lowest BCUT2D eigenvalue weighted by atomic mass is 10.0. The van der Waals surface area contributed by atoms with Crippen LogP contribution in [0.5, 0.6) is 0 Å². The van der Waals surface area contributed by atoms with Crippen LogP contribution in [0.25, 0.3) is 0 Å². The Bertz CT molecular complexity index is 447. The molecule has 0 spiro atoms. The molecule has 0 aromatic heterocycles. The quantitative estimate of drug-likeness (QED) is 0.501. The molecule has 0 aliphatic heterocycles. The van der Waals surface area contributed by atoms with Gasteiger partial charge in [0.15, 0.2) is 0 Å². The van der Waals surface area contributed by atoms with E-state index >= 15 is 0 Å². The van der Waals surface area contributed by atoms with Gasteiger partial charge < -0.3 is 4.74 Å². The van der Waals surface area contributed by atoms with Crippen LogP contribution >= 0.6 is 34.8 Å². The highest BCUT2D eigenvalue weighted by atomic mass is 35.5. The van der Waals surface area contributed by atoms with E-state index < -0.39 is 5.97 Å². The summed E-state index contributed by atoms with van der Waals surface area (Å²) >= 11 is 17.7. The minimum atomic E-state index is -0.482. The third kappa shape index (κ3) is 4.87. The van der Waals surface area contributed by atoms with Gasteiger partial charge in [-0.15, -0.1) is 0 Å². The Kier molecular flexibility index (Phi) is 6.98. The van der Waals surface area contributed by atoms with Crippen LogP contribution in [0.15, 0.2) is 12.1 Å². The number of hydrogen-bond donors (Lipinski definition) is 0. The maximum atomic E-state index is 12.0. The highest BCUT2D eigenvalue weighted by molar-refractivity contribution is 6.45. The van der Waals surface area contributed by atoms with Gasteiger partial charge in [-0.25, -0.2) is 4.79 Å². The molecule has 2 nitrogen and oxygen atoms in total. The molecule has 0 fully saturated rings. The fourth-order valence-corrected chi connectivity index (χ4v) is 2.47. The fourth-order valence-electron chi connectivity index (χ4n) is 1.79. The standard InChI is InChI=1S/C14H17Cl3O2/c1-3-5-9(4-2)8-19-14(18)11-6-10(15)7-12(16)13(11)17/h6-7,9H,3-5,8H2,1-2H3. The second-order valence-corrected chi connectivity index (χ2v) is 5.63. The van der Waals surface area contributed by atoms with E-state index in [1.54, 1.807) is 0 Å². The monoisotopic (exact) mass is 322 g/mol. The maximum absolute atomic E-state index is 12.0. The Morgan fingerprint density at radius 3 is 2.53 bits per heavy atom. The molecule has 0 saturated carbocycles. The van der Waals surface area contributed by atoms with Crippen LogP contribution in [0.2, 0.25) is 15.1 Å². The summed E-state index contributed by atoms with van der Waals surface area (Å²) in [6, 6.07) is 2.97. The predicted octanol–water partition coefficient (Wildman–Crippen LogP) is 5.63. The van der Waals surface area contributed by atoms with Crippen molar-refractivity contribution in [2.75, 3.05) is 6.61 Å². The van der Waals surface area contributed by atoms with Crippen LogP contribution in [-0.2, 0) is 4.74 Å². The van der Waals surface area contributed by atoms with E-state index in [9.17, 15) is 4.79 Å². The molecule has 1 atom stereocenters. The molecule has 0 amide bonds. The maximum Gasteiger partial charge on any atom is 0.339 e. The summed E-state index contributed by atoms with van der Waals surface area (Å²) < 4.78 is 5.28. The SMILES string of the molecule is CCCC(CC)COC(=O)c1cc(Cl)cc(Cl)c1Cl. The molecule has 5 heteroatoms. The third-order valence-corrected chi connectivity index (χ3v) is 3.96. The van der Waals surface area contributed by atoms with Crippen molar-refractivity contribution in [1.29, 1.82) is 0 Å². The van der Waals surface area contributed by atoms with E-state index in [-0.39, 0.29) is 15.6 Å². The molecule has 0 saturated heterocycles. The normalized spacial score (nSPS) is 12.3. The molecule has 0 N–H and O–H groups in total. The molecular formula is C14H17Cl3O2. The average Bonchev–Trinajstić information content (AvgIpc) is 2.38. The first-order chi connectivity index (χ1) is 8.99. The second kappa shape index (κ2) is 7.98. The van der Waals surface area contributed by atoms with Gasteiger partial charge in [-0.05, 0) is 24.5 Å². The van der Waals surface area contributed by atoms with E-state index in [1.165, 1.54) is 12.1 Å². The van der Waals surface area contributed by atoms with Crippen LogP contribution in [0, 0.1) is 5.92 Å². The number of rotatable bonds is 6. The molecule has 106 valence electrons. The van der Waals surface area contributed by atoms with Crippen molar-refractivity contribution in [3.05, 3.63) is 32.8 Å². The second-order valence-electron chi connectivity index (χ2n) is 4.41. The lowest BCUT2D eigenvalue weighted by Crippen LogP contribution is -2.14. The van der Waals surface area contributed by atoms with Gasteiger partial charge in [-0.2, -0.15) is 0 Å². The molecule has 1 rings (SSSR count). The first kappa shape index (κ1) is 16.6. The van der Waals surface area contributed by atoms with Crippen molar-refractivity contribution in [1.82, 2.24) is 0 Å². The molecule has 1 unspecified atom stereocenters. The largest absolute Gasteiger partial charge is 0.462 e. The van der Waals surface area contributed by atoms with Gasteiger partial charge >= 0.3 is 5.97 Å². The smallest absolute Gasteiger partial charge is 0.339 e. The van der Waals surface area contributed by atoms with Crippen LogP contribution < -0.4 is 0 Å². The Hall–Kier alpha value is -0.440. The summed E-state index contributed by atoms with van der Waals surface area (Å²) in [7, 11) is 0. The zero-order valence-electron chi connectivity index (χ0n) is 11.0. The Balaban J connectivity index is 2.73. The number of halogens is 3. The minimum Gasteiger partial charge on any atom is -0.462 e. The molecular weight excluding hydrogens is 307 g/mol. The van der Waals surface area contributed by atoms with Crippen molar-refractivity contribution in [2.24, 2.45) is 5.92 Å². The topological polar surface area (TPSA) is 26.3 Å². The minimum absolute atomic E-state index is 0.180. The first-order valence-electron chi connectivity index (χ1n) is 6.31. The molecule has 1 aromatic carbocycles. The third-order valence-electron chi connectivity index (χ3n) is 2.94. The zero-order valence-corrected chi connectivity index (χ0v) is 13.3. The molecule has 0 heterocycles. The molecule has 0 radical (unpaired) electrons. The summed E-state index contributed by atoms with van der Waals surface area (Å²) in [5.41, 5.74) is 0.213. The average molecular weight is 324 g/mol. The summed E-state index contributed by atoms with van der Waals surface area (Å²) in [4.78, 5) is 12.0. The molecule has 19 heavy (non-hydrogen) atoms. The van der Waals surface area contributed by atoms with E-state index in [0.717, 1.165) is 19.3 Å². The van der Waals surface area contributed by atoms with Gasteiger partial charge in [0.2, 0.25) is 0 Å². The first-order valence-corrected chi connectivity index (χ1v) is 7.44. The lowest BCUT2D eigenvalue weighted by molar-refractivity contribution is 0.0429. The molecule has 1 aromatic rings. The van der Waals surface area contributed by atoms with E-state index in [4.69, 9.17) is 39.5 Å². The van der Waals surface area contributed by atoms with E-state index in [2.05, 4.69) is 13.8 Å². The van der Waals surface area contributed by atoms with E-state index in [1.807, 2.05) is 0 Å². The van der Waals surface area contributed by atoms with Crippen molar-refractivity contribution in [2.45, 2.75) is 33.1 Å². The van der Waals surface area contributed by atoms with Crippen molar-refractivity contribution in [3.8, 4) is 0 Å². The predicted molar refractivity (Wildman–Crippen MR) is 80.4 cm³/mol. The summed E-state index contributed by atoms with van der Waals surface area (Å²) in [5.74, 6) is -0.105. The number of ether oxygens (including phenoxy) is 1. The van der Waals surface area contributed by atoms with Crippen LogP contribution in [0.1, 0.15) is 43.5 Å². The van der Waals surface area contributed by atoms with E-state index in [0.29, 0.717) is 17.5 Å². The number of carbonyl (C=O) groups is 1. The molecule has 0 bridgehead atoms. The van der Waals surface area contributed by atoms with Gasteiger partial charge in [-0.3, -0.25) is 0 Å². The van der Waals surface area contributed by atoms with Crippen LogP contribution in [0.3, 0.4) is 0 Å². The fraction of sp³-hybridized carbons (Fsp3) is 0.500. The lowest BCUT2D eigenvalue weighted by Gasteiger charge is -2.14. The highest BCUT2D eigenvalue weighted by Gasteiger charge is 2.17. The van der Waals surface area contributed by atoms with Gasteiger partial charge in [0, 0.05) is 5.02 Å². The van der Waals surface area contributed by atoms with Crippen LogP contribution in [0.4, 0.5) is 0 Å². The van der Waals surface area contributed by atoms with Crippen LogP contribution in [-0.4, -0.2) is 12.6 Å². The van der Waals surface area contributed by atoms with Crippen molar-refractivity contribution >= 4 is 40.8 Å². The van der Waals surface area contributed by atoms with Gasteiger partial charge in [-0.1, -0.05) is 61.5 Å². The Morgan fingerprint density at radius 2 is 1.95 bits per heavy atom. The molecule has 0 aliphatic carbocycles. The number of benzene rings is 1. The zero-order chi connectivity index (χ0) is 14.4.